The maximum atomic E-state index is 12.7. The lowest BCUT2D eigenvalue weighted by Gasteiger charge is -2.37. The first-order chi connectivity index (χ1) is 10.5. The molecule has 0 aromatic heterocycles. The smallest absolute Gasteiger partial charge is 0.228 e. The van der Waals surface area contributed by atoms with Crippen molar-refractivity contribution >= 4 is 24.2 Å². The van der Waals surface area contributed by atoms with E-state index < -0.39 is 5.41 Å². The molecule has 5 nitrogen and oxygen atoms in total. The largest absolute Gasteiger partial charge is 0.353 e. The van der Waals surface area contributed by atoms with Gasteiger partial charge in [-0.25, -0.2) is 0 Å². The predicted octanol–water partition coefficient (Wildman–Crippen LogP) is 1.61. The Bertz CT molecular complexity index is 439. The van der Waals surface area contributed by atoms with Crippen molar-refractivity contribution in [3.05, 3.63) is 0 Å². The van der Waals surface area contributed by atoms with Crippen LogP contribution in [0.5, 0.6) is 0 Å². The Kier molecular flexibility index (Phi) is 5.95. The average molecular weight is 344 g/mol. The number of halogens is 1. The van der Waals surface area contributed by atoms with E-state index in [0.717, 1.165) is 44.6 Å². The van der Waals surface area contributed by atoms with Crippen LogP contribution < -0.4 is 16.0 Å². The number of amides is 2. The first-order valence-corrected chi connectivity index (χ1v) is 8.78. The summed E-state index contributed by atoms with van der Waals surface area (Å²) in [5.41, 5.74) is -0.543. The molecule has 23 heavy (non-hydrogen) atoms. The number of rotatable bonds is 5. The Labute approximate surface area is 145 Å². The van der Waals surface area contributed by atoms with Gasteiger partial charge in [0.1, 0.15) is 0 Å². The summed E-state index contributed by atoms with van der Waals surface area (Å²) in [6.07, 6.45) is 5.36. The van der Waals surface area contributed by atoms with E-state index in [1.54, 1.807) is 0 Å². The Morgan fingerprint density at radius 2 is 1.61 bits per heavy atom. The van der Waals surface area contributed by atoms with Gasteiger partial charge in [-0.15, -0.1) is 12.4 Å². The van der Waals surface area contributed by atoms with Crippen LogP contribution in [0.15, 0.2) is 0 Å². The Balaban J connectivity index is 0.00000192. The molecule has 2 saturated carbocycles. The summed E-state index contributed by atoms with van der Waals surface area (Å²) in [7, 11) is 0. The molecule has 1 saturated heterocycles. The summed E-state index contributed by atoms with van der Waals surface area (Å²) in [6, 6.07) is 0.639. The van der Waals surface area contributed by atoms with Gasteiger partial charge in [-0.3, -0.25) is 9.59 Å². The standard InChI is InChI=1S/C17H29N3O2.ClH/c1-11-5-13(6-11)19-15(21)9-17(3-4-18-10-17)16(22)20-14-7-12(2)8-14;/h11-14,18H,3-10H2,1-2H3,(H,19,21)(H,20,22);1H. The average Bonchev–Trinajstić information content (AvgIpc) is 2.84. The molecular weight excluding hydrogens is 314 g/mol. The number of carbonyl (C=O) groups is 2. The van der Waals surface area contributed by atoms with E-state index in [2.05, 4.69) is 29.8 Å². The molecule has 0 bridgehead atoms. The van der Waals surface area contributed by atoms with E-state index in [-0.39, 0.29) is 24.2 Å². The van der Waals surface area contributed by atoms with Gasteiger partial charge < -0.3 is 16.0 Å². The summed E-state index contributed by atoms with van der Waals surface area (Å²) >= 11 is 0. The van der Waals surface area contributed by atoms with Crippen molar-refractivity contribution < 1.29 is 9.59 Å². The number of nitrogens with one attached hydrogen (secondary N) is 3. The van der Waals surface area contributed by atoms with Crippen LogP contribution in [0.2, 0.25) is 0 Å². The van der Waals surface area contributed by atoms with Crippen LogP contribution >= 0.6 is 12.4 Å². The monoisotopic (exact) mass is 343 g/mol. The fraction of sp³-hybridized carbons (Fsp3) is 0.882. The third kappa shape index (κ3) is 4.18. The van der Waals surface area contributed by atoms with Crippen molar-refractivity contribution in [2.45, 2.75) is 64.5 Å². The van der Waals surface area contributed by atoms with Gasteiger partial charge in [0.05, 0.1) is 5.41 Å². The highest BCUT2D eigenvalue weighted by Gasteiger charge is 2.44. The highest BCUT2D eigenvalue weighted by atomic mass is 35.5. The summed E-state index contributed by atoms with van der Waals surface area (Å²) in [4.78, 5) is 25.0. The lowest BCUT2D eigenvalue weighted by Crippen LogP contribution is -2.53. The molecule has 1 heterocycles. The maximum absolute atomic E-state index is 12.7. The SMILES string of the molecule is CC1CC(NC(=O)CC2(C(=O)NC3CC(C)C3)CCNC2)C1.Cl. The fourth-order valence-corrected chi connectivity index (χ4v) is 4.13. The molecule has 1 aliphatic heterocycles. The summed E-state index contributed by atoms with van der Waals surface area (Å²) in [5, 5.41) is 9.52. The molecule has 1 atom stereocenters. The number of hydrogen-bond donors (Lipinski definition) is 3. The minimum Gasteiger partial charge on any atom is -0.353 e. The van der Waals surface area contributed by atoms with Crippen molar-refractivity contribution in [2.24, 2.45) is 17.3 Å². The van der Waals surface area contributed by atoms with Gasteiger partial charge in [-0.1, -0.05) is 13.8 Å². The molecule has 2 amide bonds. The van der Waals surface area contributed by atoms with E-state index in [9.17, 15) is 9.59 Å². The van der Waals surface area contributed by atoms with Crippen LogP contribution in [0.25, 0.3) is 0 Å². The molecule has 3 aliphatic rings. The van der Waals surface area contributed by atoms with Gasteiger partial charge in [-0.05, 0) is 50.5 Å². The van der Waals surface area contributed by atoms with E-state index in [4.69, 9.17) is 0 Å². The number of carbonyl (C=O) groups excluding carboxylic acids is 2. The van der Waals surface area contributed by atoms with E-state index in [1.165, 1.54) is 0 Å². The van der Waals surface area contributed by atoms with Crippen LogP contribution in [0, 0.1) is 17.3 Å². The zero-order chi connectivity index (χ0) is 15.7. The molecule has 3 rings (SSSR count). The van der Waals surface area contributed by atoms with Crippen molar-refractivity contribution in [2.75, 3.05) is 13.1 Å². The van der Waals surface area contributed by atoms with Crippen molar-refractivity contribution in [3.8, 4) is 0 Å². The van der Waals surface area contributed by atoms with Gasteiger partial charge in [0.25, 0.3) is 0 Å². The van der Waals surface area contributed by atoms with Gasteiger partial charge in [0.15, 0.2) is 0 Å². The zero-order valence-corrected chi connectivity index (χ0v) is 15.0. The normalized spacial score (nSPS) is 38.7. The Morgan fingerprint density at radius 1 is 1.04 bits per heavy atom. The van der Waals surface area contributed by atoms with Gasteiger partial charge in [0, 0.05) is 25.0 Å². The molecule has 2 aliphatic carbocycles. The van der Waals surface area contributed by atoms with E-state index in [1.807, 2.05) is 0 Å². The first kappa shape index (κ1) is 18.5. The second-order valence-electron chi connectivity index (χ2n) is 7.97. The van der Waals surface area contributed by atoms with Crippen LogP contribution in [-0.2, 0) is 9.59 Å². The molecule has 0 spiro atoms. The summed E-state index contributed by atoms with van der Waals surface area (Å²) in [6.45, 7) is 5.86. The molecule has 6 heteroatoms. The van der Waals surface area contributed by atoms with Crippen molar-refractivity contribution in [1.82, 2.24) is 16.0 Å². The van der Waals surface area contributed by atoms with Gasteiger partial charge in [0.2, 0.25) is 11.8 Å². The second kappa shape index (κ2) is 7.39. The Hall–Kier alpha value is -0.810. The molecule has 0 aromatic carbocycles. The fourth-order valence-electron chi connectivity index (χ4n) is 4.13. The Morgan fingerprint density at radius 3 is 2.09 bits per heavy atom. The van der Waals surface area contributed by atoms with Crippen molar-refractivity contribution in [1.29, 1.82) is 0 Å². The van der Waals surface area contributed by atoms with E-state index >= 15 is 0 Å². The van der Waals surface area contributed by atoms with Crippen molar-refractivity contribution in [3.63, 3.8) is 0 Å². The molecule has 132 valence electrons. The topological polar surface area (TPSA) is 70.2 Å². The molecular formula is C17H30ClN3O2. The predicted molar refractivity (Wildman–Crippen MR) is 92.4 cm³/mol. The van der Waals surface area contributed by atoms with Crippen LogP contribution in [0.1, 0.15) is 52.4 Å². The molecule has 3 N–H and O–H groups in total. The zero-order valence-electron chi connectivity index (χ0n) is 14.2. The lowest BCUT2D eigenvalue weighted by atomic mass is 9.78. The lowest BCUT2D eigenvalue weighted by molar-refractivity contribution is -0.137. The minimum absolute atomic E-state index is 0. The summed E-state index contributed by atoms with van der Waals surface area (Å²) in [5.74, 6) is 1.55. The summed E-state index contributed by atoms with van der Waals surface area (Å²) < 4.78 is 0. The maximum Gasteiger partial charge on any atom is 0.228 e. The van der Waals surface area contributed by atoms with Gasteiger partial charge in [-0.2, -0.15) is 0 Å². The van der Waals surface area contributed by atoms with Crippen LogP contribution in [0.4, 0.5) is 0 Å². The van der Waals surface area contributed by atoms with Crippen LogP contribution in [0.3, 0.4) is 0 Å². The molecule has 0 radical (unpaired) electrons. The van der Waals surface area contributed by atoms with Crippen LogP contribution in [-0.4, -0.2) is 37.0 Å². The highest BCUT2D eigenvalue weighted by Crippen LogP contribution is 2.33. The second-order valence-corrected chi connectivity index (χ2v) is 7.97. The molecule has 1 unspecified atom stereocenters. The molecule has 0 aromatic rings. The third-order valence-electron chi connectivity index (χ3n) is 5.67. The first-order valence-electron chi connectivity index (χ1n) is 8.78. The van der Waals surface area contributed by atoms with E-state index in [0.29, 0.717) is 31.0 Å². The number of hydrogen-bond acceptors (Lipinski definition) is 3. The quantitative estimate of drug-likeness (QED) is 0.710. The third-order valence-corrected chi connectivity index (χ3v) is 5.67. The van der Waals surface area contributed by atoms with Gasteiger partial charge >= 0.3 is 0 Å². The highest BCUT2D eigenvalue weighted by molar-refractivity contribution is 5.90. The molecule has 3 fully saturated rings. The minimum atomic E-state index is -0.543.